The first kappa shape index (κ1) is 13.9. The van der Waals surface area contributed by atoms with E-state index in [1.165, 1.54) is 6.08 Å². The number of nitro benzene ring substituents is 2. The van der Waals surface area contributed by atoms with E-state index in [0.717, 1.165) is 18.2 Å². The molecule has 0 aromatic heterocycles. The molecule has 0 bridgehead atoms. The summed E-state index contributed by atoms with van der Waals surface area (Å²) in [6.45, 7) is 3.28. The Bertz CT molecular complexity index is 530. The van der Waals surface area contributed by atoms with Crippen LogP contribution in [0.4, 0.5) is 11.4 Å². The maximum Gasteiger partial charge on any atom is 0.294 e. The molecule has 1 aromatic carbocycles. The molecule has 1 aromatic rings. The number of non-ortho nitro benzene ring substituents is 1. The van der Waals surface area contributed by atoms with Crippen molar-refractivity contribution in [2.24, 2.45) is 0 Å². The fourth-order valence-corrected chi connectivity index (χ4v) is 1.91. The lowest BCUT2D eigenvalue weighted by Gasteiger charge is -2.02. The van der Waals surface area contributed by atoms with Crippen LogP contribution < -0.4 is 0 Å². The summed E-state index contributed by atoms with van der Waals surface area (Å²) in [7, 11) is 0. The third-order valence-corrected chi connectivity index (χ3v) is 2.88. The van der Waals surface area contributed by atoms with Crippen molar-refractivity contribution in [3.05, 3.63) is 51.1 Å². The molecule has 0 saturated heterocycles. The SMILES string of the molecule is C=CCOS(=O)c1ccc([N+](=O)[O-])cc1[N+](=O)[O-]. The van der Waals surface area contributed by atoms with E-state index < -0.39 is 32.3 Å². The first-order chi connectivity index (χ1) is 8.47. The minimum absolute atomic E-state index is 0.0548. The Morgan fingerprint density at radius 2 is 2.00 bits per heavy atom. The molecule has 1 atom stereocenters. The molecule has 0 amide bonds. The maximum absolute atomic E-state index is 11.6. The first-order valence-electron chi connectivity index (χ1n) is 4.56. The predicted molar refractivity (Wildman–Crippen MR) is 62.3 cm³/mol. The number of rotatable bonds is 6. The van der Waals surface area contributed by atoms with Crippen molar-refractivity contribution in [2.45, 2.75) is 4.90 Å². The lowest BCUT2D eigenvalue weighted by atomic mass is 10.3. The standard InChI is InChI=1S/C9H8N2O6S/c1-2-5-17-18(16)9-4-3-7(10(12)13)6-8(9)11(14)15/h2-4,6H,1,5H2. The molecule has 0 N–H and O–H groups in total. The Labute approximate surface area is 104 Å². The topological polar surface area (TPSA) is 113 Å². The Morgan fingerprint density at radius 3 is 2.50 bits per heavy atom. The van der Waals surface area contributed by atoms with E-state index in [2.05, 4.69) is 6.58 Å². The van der Waals surface area contributed by atoms with Gasteiger partial charge in [0, 0.05) is 6.07 Å². The molecule has 0 spiro atoms. The highest BCUT2D eigenvalue weighted by Crippen LogP contribution is 2.27. The van der Waals surface area contributed by atoms with E-state index in [1.54, 1.807) is 0 Å². The van der Waals surface area contributed by atoms with Gasteiger partial charge in [-0.1, -0.05) is 6.08 Å². The van der Waals surface area contributed by atoms with Crippen molar-refractivity contribution in [3.63, 3.8) is 0 Å². The van der Waals surface area contributed by atoms with Crippen molar-refractivity contribution in [3.8, 4) is 0 Å². The smallest absolute Gasteiger partial charge is 0.282 e. The van der Waals surface area contributed by atoms with Crippen LogP contribution in [-0.4, -0.2) is 20.7 Å². The first-order valence-corrected chi connectivity index (χ1v) is 5.63. The van der Waals surface area contributed by atoms with E-state index >= 15 is 0 Å². The number of nitrogens with zero attached hydrogens (tertiary/aromatic N) is 2. The number of hydrogen-bond acceptors (Lipinski definition) is 6. The minimum atomic E-state index is -2.07. The molecule has 0 heterocycles. The van der Waals surface area contributed by atoms with E-state index in [9.17, 15) is 24.4 Å². The largest absolute Gasteiger partial charge is 0.294 e. The van der Waals surface area contributed by atoms with Gasteiger partial charge in [-0.25, -0.2) is 4.21 Å². The molecule has 8 nitrogen and oxygen atoms in total. The zero-order valence-corrected chi connectivity index (χ0v) is 9.79. The van der Waals surface area contributed by atoms with Crippen molar-refractivity contribution >= 4 is 22.5 Å². The molecular formula is C9H8N2O6S. The summed E-state index contributed by atoms with van der Waals surface area (Å²) < 4.78 is 16.3. The quantitative estimate of drug-likeness (QED) is 0.442. The third-order valence-electron chi connectivity index (χ3n) is 1.82. The fraction of sp³-hybridized carbons (Fsp3) is 0.111. The molecule has 1 unspecified atom stereocenters. The van der Waals surface area contributed by atoms with Crippen LogP contribution in [-0.2, 0) is 15.3 Å². The normalized spacial score (nSPS) is 11.8. The molecule has 9 heteroatoms. The van der Waals surface area contributed by atoms with Crippen LogP contribution in [0.25, 0.3) is 0 Å². The van der Waals surface area contributed by atoms with Crippen molar-refractivity contribution in [1.29, 1.82) is 0 Å². The Hall–Kier alpha value is -2.13. The summed E-state index contributed by atoms with van der Waals surface area (Å²) in [5.74, 6) is 0. The van der Waals surface area contributed by atoms with Crippen LogP contribution in [0.2, 0.25) is 0 Å². The average Bonchev–Trinajstić information content (AvgIpc) is 2.34. The second-order valence-corrected chi connectivity index (χ2v) is 4.12. The van der Waals surface area contributed by atoms with Crippen LogP contribution >= 0.6 is 0 Å². The maximum atomic E-state index is 11.6. The Morgan fingerprint density at radius 1 is 1.33 bits per heavy atom. The zero-order valence-electron chi connectivity index (χ0n) is 8.98. The molecule has 0 aliphatic carbocycles. The summed E-state index contributed by atoms with van der Waals surface area (Å²) in [6, 6.07) is 2.80. The van der Waals surface area contributed by atoms with Gasteiger partial charge in [0.2, 0.25) is 0 Å². The lowest BCUT2D eigenvalue weighted by Crippen LogP contribution is -2.03. The van der Waals surface area contributed by atoms with Gasteiger partial charge in [0.1, 0.15) is 4.90 Å². The molecule has 0 fully saturated rings. The van der Waals surface area contributed by atoms with Crippen LogP contribution in [0.5, 0.6) is 0 Å². The summed E-state index contributed by atoms with van der Waals surface area (Å²) in [4.78, 5) is 19.4. The van der Waals surface area contributed by atoms with E-state index in [0.29, 0.717) is 0 Å². The second kappa shape index (κ2) is 5.98. The molecule has 96 valence electrons. The molecular weight excluding hydrogens is 264 g/mol. The predicted octanol–water partition coefficient (Wildman–Crippen LogP) is 1.73. The molecule has 0 aliphatic heterocycles. The van der Waals surface area contributed by atoms with Crippen molar-refractivity contribution < 1.29 is 18.2 Å². The molecule has 0 aliphatic rings. The Kier molecular flexibility index (Phi) is 4.63. The number of hydrogen-bond donors (Lipinski definition) is 0. The highest BCUT2D eigenvalue weighted by molar-refractivity contribution is 7.80. The monoisotopic (exact) mass is 272 g/mol. The van der Waals surface area contributed by atoms with Gasteiger partial charge in [-0.15, -0.1) is 6.58 Å². The van der Waals surface area contributed by atoms with Crippen molar-refractivity contribution in [1.82, 2.24) is 0 Å². The lowest BCUT2D eigenvalue weighted by molar-refractivity contribution is -0.396. The number of nitro groups is 2. The van der Waals surface area contributed by atoms with Crippen molar-refractivity contribution in [2.75, 3.05) is 6.61 Å². The van der Waals surface area contributed by atoms with Gasteiger partial charge < -0.3 is 0 Å². The second-order valence-electron chi connectivity index (χ2n) is 2.97. The summed E-state index contributed by atoms with van der Waals surface area (Å²) in [5, 5.41) is 21.2. The van der Waals surface area contributed by atoms with Crippen LogP contribution in [0.3, 0.4) is 0 Å². The molecule has 18 heavy (non-hydrogen) atoms. The summed E-state index contributed by atoms with van der Waals surface area (Å²) in [6.07, 6.45) is 1.33. The van der Waals surface area contributed by atoms with Gasteiger partial charge in [0.15, 0.2) is 11.1 Å². The molecule has 0 radical (unpaired) electrons. The van der Waals surface area contributed by atoms with Gasteiger partial charge in [-0.2, -0.15) is 0 Å². The number of benzene rings is 1. The van der Waals surface area contributed by atoms with Crippen LogP contribution in [0.15, 0.2) is 35.7 Å². The van der Waals surface area contributed by atoms with Crippen LogP contribution in [0, 0.1) is 20.2 Å². The summed E-state index contributed by atoms with van der Waals surface area (Å²) in [5.41, 5.74) is -1.07. The highest BCUT2D eigenvalue weighted by atomic mass is 32.2. The fourth-order valence-electron chi connectivity index (χ4n) is 1.08. The molecule has 0 saturated carbocycles. The average molecular weight is 272 g/mol. The van der Waals surface area contributed by atoms with E-state index in [1.807, 2.05) is 0 Å². The van der Waals surface area contributed by atoms with E-state index in [-0.39, 0.29) is 11.5 Å². The van der Waals surface area contributed by atoms with E-state index in [4.69, 9.17) is 4.18 Å². The van der Waals surface area contributed by atoms with Gasteiger partial charge in [-0.3, -0.25) is 24.4 Å². The zero-order chi connectivity index (χ0) is 13.7. The molecule has 1 rings (SSSR count). The third kappa shape index (κ3) is 3.18. The van der Waals surface area contributed by atoms with Gasteiger partial charge in [-0.05, 0) is 6.07 Å². The van der Waals surface area contributed by atoms with Gasteiger partial charge in [0.05, 0.1) is 22.5 Å². The van der Waals surface area contributed by atoms with Crippen LogP contribution in [0.1, 0.15) is 0 Å². The summed E-state index contributed by atoms with van der Waals surface area (Å²) >= 11 is -2.07. The Balaban J connectivity index is 3.19. The minimum Gasteiger partial charge on any atom is -0.282 e. The van der Waals surface area contributed by atoms with Gasteiger partial charge >= 0.3 is 0 Å². The van der Waals surface area contributed by atoms with Gasteiger partial charge in [0.25, 0.3) is 11.4 Å². The highest BCUT2D eigenvalue weighted by Gasteiger charge is 2.23.